The van der Waals surface area contributed by atoms with Crippen LogP contribution in [-0.2, 0) is 6.18 Å². The molecule has 4 rings (SSSR count). The molecule has 2 aromatic carbocycles. The average Bonchev–Trinajstić information content (AvgIpc) is 3.32. The van der Waals surface area contributed by atoms with Gasteiger partial charge >= 0.3 is 12.2 Å². The van der Waals surface area contributed by atoms with Crippen LogP contribution in [0, 0.1) is 0 Å². The number of anilines is 3. The number of hydrogen-bond acceptors (Lipinski definition) is 8. The van der Waals surface area contributed by atoms with E-state index in [1.165, 1.54) is 12.7 Å². The van der Waals surface area contributed by atoms with Crippen molar-refractivity contribution in [3.8, 4) is 5.69 Å². The number of carbonyl (C=O) groups is 2. The maximum Gasteiger partial charge on any atom is 0.416 e. The summed E-state index contributed by atoms with van der Waals surface area (Å²) in [5.74, 6) is -0.705. The minimum Gasteiger partial charge on any atom is -0.394 e. The minimum atomic E-state index is -4.79. The Bertz CT molecular complexity index is 1470. The summed E-state index contributed by atoms with van der Waals surface area (Å²) in [4.78, 5) is 37.0. The van der Waals surface area contributed by atoms with Gasteiger partial charge in [0.25, 0.3) is 5.91 Å². The first-order chi connectivity index (χ1) is 18.0. The Morgan fingerprint density at radius 1 is 1.03 bits per heavy atom. The lowest BCUT2D eigenvalue weighted by molar-refractivity contribution is -0.137. The smallest absolute Gasteiger partial charge is 0.394 e. The number of aromatic nitrogens is 4. The van der Waals surface area contributed by atoms with Crippen molar-refractivity contribution in [2.45, 2.75) is 12.3 Å². The van der Waals surface area contributed by atoms with Crippen LogP contribution in [0.3, 0.4) is 0 Å². The zero-order valence-corrected chi connectivity index (χ0v) is 19.4. The van der Waals surface area contributed by atoms with Crippen LogP contribution >= 0.6 is 0 Å². The monoisotopic (exact) mass is 530 g/mol. The van der Waals surface area contributed by atoms with Gasteiger partial charge in [-0.05, 0) is 42.5 Å². The summed E-state index contributed by atoms with van der Waals surface area (Å²) >= 11 is 0. The van der Waals surface area contributed by atoms with Gasteiger partial charge in [-0.1, -0.05) is 0 Å². The Kier molecular flexibility index (Phi) is 7.40. The number of nitrogens with zero attached hydrogens (tertiary/aromatic N) is 4. The molecule has 1 unspecified atom stereocenters. The Balaban J connectivity index is 1.48. The molecule has 198 valence electrons. The van der Waals surface area contributed by atoms with Gasteiger partial charge in [0.05, 0.1) is 18.3 Å². The number of aliphatic hydroxyl groups is 2. The summed E-state index contributed by atoms with van der Waals surface area (Å²) in [6.45, 7) is -1.02. The van der Waals surface area contributed by atoms with Crippen LogP contribution in [0.2, 0.25) is 0 Å². The molecule has 0 saturated heterocycles. The zero-order valence-electron chi connectivity index (χ0n) is 19.4. The molecule has 7 N–H and O–H groups in total. The number of aliphatic hydroxyl groups excluding tert-OH is 2. The van der Waals surface area contributed by atoms with Crippen molar-refractivity contribution < 1.29 is 33.0 Å². The standard InChI is InChI=1S/C23H21F3N8O4/c24-23(25,26)13-5-12(21(37)28-8-17(36)9-35)6-15(7-13)33-22(38)32-14-1-3-16(4-2-14)34-11-31-18-19(27)29-10-30-20(18)34/h1-7,10-11,17,35-36H,8-9H2,(H,28,37)(H2,27,29,30)(H2,32,33,38). The first kappa shape index (κ1) is 26.3. The summed E-state index contributed by atoms with van der Waals surface area (Å²) in [6, 6.07) is 7.92. The lowest BCUT2D eigenvalue weighted by Gasteiger charge is -2.14. The van der Waals surface area contributed by atoms with Crippen LogP contribution in [0.1, 0.15) is 15.9 Å². The Morgan fingerprint density at radius 2 is 1.74 bits per heavy atom. The van der Waals surface area contributed by atoms with Crippen LogP contribution in [-0.4, -0.2) is 60.9 Å². The summed E-state index contributed by atoms with van der Waals surface area (Å²) in [5, 5.41) is 25.2. The topological polar surface area (TPSA) is 180 Å². The second-order valence-electron chi connectivity index (χ2n) is 8.01. The molecule has 0 bridgehead atoms. The van der Waals surface area contributed by atoms with Gasteiger partial charge in [0.1, 0.15) is 12.7 Å². The molecule has 3 amide bonds. The predicted molar refractivity (Wildman–Crippen MR) is 131 cm³/mol. The molecule has 38 heavy (non-hydrogen) atoms. The molecule has 0 aliphatic carbocycles. The highest BCUT2D eigenvalue weighted by molar-refractivity contribution is 6.01. The van der Waals surface area contributed by atoms with Gasteiger partial charge in [-0.15, -0.1) is 0 Å². The number of rotatable bonds is 7. The van der Waals surface area contributed by atoms with E-state index in [0.29, 0.717) is 34.7 Å². The van der Waals surface area contributed by atoms with E-state index in [1.807, 2.05) is 0 Å². The molecule has 0 spiro atoms. The van der Waals surface area contributed by atoms with Crippen LogP contribution < -0.4 is 21.7 Å². The van der Waals surface area contributed by atoms with Gasteiger partial charge in [-0.2, -0.15) is 13.2 Å². The molecular weight excluding hydrogens is 509 g/mol. The number of fused-ring (bicyclic) bond motifs is 1. The number of benzene rings is 2. The van der Waals surface area contributed by atoms with Gasteiger partial charge in [-0.3, -0.25) is 9.36 Å². The molecule has 0 fully saturated rings. The van der Waals surface area contributed by atoms with Crippen LogP contribution in [0.4, 0.5) is 35.2 Å². The molecule has 15 heteroatoms. The molecular formula is C23H21F3N8O4. The van der Waals surface area contributed by atoms with Crippen molar-refractivity contribution in [3.05, 3.63) is 66.2 Å². The van der Waals surface area contributed by atoms with E-state index >= 15 is 0 Å². The van der Waals surface area contributed by atoms with Crippen molar-refractivity contribution in [1.82, 2.24) is 24.8 Å². The van der Waals surface area contributed by atoms with Gasteiger partial charge in [0.2, 0.25) is 0 Å². The van der Waals surface area contributed by atoms with E-state index < -0.39 is 42.0 Å². The first-order valence-corrected chi connectivity index (χ1v) is 11.0. The van der Waals surface area contributed by atoms with Gasteiger partial charge in [0.15, 0.2) is 17.0 Å². The van der Waals surface area contributed by atoms with Crippen LogP contribution in [0.5, 0.6) is 0 Å². The molecule has 4 aromatic rings. The summed E-state index contributed by atoms with van der Waals surface area (Å²) in [7, 11) is 0. The molecule has 2 heterocycles. The second-order valence-corrected chi connectivity index (χ2v) is 8.01. The highest BCUT2D eigenvalue weighted by atomic mass is 19.4. The molecule has 1 atom stereocenters. The molecule has 0 radical (unpaired) electrons. The predicted octanol–water partition coefficient (Wildman–Crippen LogP) is 2.14. The first-order valence-electron chi connectivity index (χ1n) is 11.0. The third-order valence-electron chi connectivity index (χ3n) is 5.25. The SMILES string of the molecule is Nc1ncnc2c1ncn2-c1ccc(NC(=O)Nc2cc(C(=O)NCC(O)CO)cc(C(F)(F)F)c2)cc1. The number of halogens is 3. The van der Waals surface area contributed by atoms with Crippen molar-refractivity contribution >= 4 is 40.3 Å². The van der Waals surface area contributed by atoms with Crippen LogP contribution in [0.25, 0.3) is 16.9 Å². The quantitative estimate of drug-likeness (QED) is 0.210. The van der Waals surface area contributed by atoms with E-state index in [-0.39, 0.29) is 18.1 Å². The summed E-state index contributed by atoms with van der Waals surface area (Å²) < 4.78 is 41.8. The van der Waals surface area contributed by atoms with Crippen LogP contribution in [0.15, 0.2) is 55.1 Å². The molecule has 0 aliphatic heterocycles. The van der Waals surface area contributed by atoms with Gasteiger partial charge < -0.3 is 31.9 Å². The lowest BCUT2D eigenvalue weighted by Crippen LogP contribution is -2.34. The highest BCUT2D eigenvalue weighted by Gasteiger charge is 2.32. The fraction of sp³-hybridized carbons (Fsp3) is 0.174. The third kappa shape index (κ3) is 5.96. The molecule has 2 aromatic heterocycles. The maximum atomic E-state index is 13.4. The molecule has 0 saturated carbocycles. The number of hydrogen-bond donors (Lipinski definition) is 6. The number of nitrogens with two attached hydrogens (primary N) is 1. The van der Waals surface area contributed by atoms with Gasteiger partial charge in [-0.25, -0.2) is 19.7 Å². The Labute approximate surface area is 212 Å². The number of carbonyl (C=O) groups excluding carboxylic acids is 2. The minimum absolute atomic E-state index is 0.224. The third-order valence-corrected chi connectivity index (χ3v) is 5.25. The van der Waals surface area contributed by atoms with E-state index in [2.05, 4.69) is 30.9 Å². The fourth-order valence-corrected chi connectivity index (χ4v) is 3.41. The fourth-order valence-electron chi connectivity index (χ4n) is 3.41. The largest absolute Gasteiger partial charge is 0.416 e. The number of nitrogen functional groups attached to an aromatic ring is 1. The highest BCUT2D eigenvalue weighted by Crippen LogP contribution is 2.32. The number of amides is 3. The Hall–Kier alpha value is -4.76. The van der Waals surface area contributed by atoms with Crippen molar-refractivity contribution in [3.63, 3.8) is 0 Å². The van der Waals surface area contributed by atoms with E-state index in [9.17, 15) is 27.9 Å². The summed E-state index contributed by atoms with van der Waals surface area (Å²) in [6.07, 6.45) is -3.26. The summed E-state index contributed by atoms with van der Waals surface area (Å²) in [5.41, 5.74) is 5.82. The van der Waals surface area contributed by atoms with Crippen molar-refractivity contribution in [1.29, 1.82) is 0 Å². The second kappa shape index (κ2) is 10.7. The molecule has 12 nitrogen and oxygen atoms in total. The number of alkyl halides is 3. The average molecular weight is 530 g/mol. The number of nitrogens with one attached hydrogen (secondary N) is 3. The van der Waals surface area contributed by atoms with Crippen molar-refractivity contribution in [2.24, 2.45) is 0 Å². The maximum absolute atomic E-state index is 13.4. The zero-order chi connectivity index (χ0) is 27.4. The van der Waals surface area contributed by atoms with E-state index in [4.69, 9.17) is 10.8 Å². The van der Waals surface area contributed by atoms with Gasteiger partial charge in [0, 0.05) is 29.2 Å². The normalized spacial score (nSPS) is 12.2. The van der Waals surface area contributed by atoms with E-state index in [0.717, 1.165) is 6.07 Å². The molecule has 0 aliphatic rings. The number of imidazole rings is 1. The Morgan fingerprint density at radius 3 is 2.42 bits per heavy atom. The lowest BCUT2D eigenvalue weighted by atomic mass is 10.1. The van der Waals surface area contributed by atoms with Crippen molar-refractivity contribution in [2.75, 3.05) is 29.5 Å². The van der Waals surface area contributed by atoms with E-state index in [1.54, 1.807) is 28.8 Å². The number of urea groups is 1.